The van der Waals surface area contributed by atoms with Crippen molar-refractivity contribution in [2.45, 2.75) is 42.6 Å². The van der Waals surface area contributed by atoms with Gasteiger partial charge < -0.3 is 9.64 Å². The zero-order chi connectivity index (χ0) is 11.8. The third kappa shape index (κ3) is 2.03. The van der Waals surface area contributed by atoms with E-state index in [1.165, 1.54) is 25.7 Å². The molecule has 2 bridgehead atoms. The highest BCUT2D eigenvalue weighted by Crippen LogP contribution is 2.40. The van der Waals surface area contributed by atoms with E-state index in [1.54, 1.807) is 7.11 Å². The molecule has 1 aromatic rings. The van der Waals surface area contributed by atoms with E-state index in [0.29, 0.717) is 22.8 Å². The lowest BCUT2D eigenvalue weighted by Crippen LogP contribution is -2.43. The van der Waals surface area contributed by atoms with Gasteiger partial charge in [0.2, 0.25) is 5.88 Å². The molecule has 0 N–H and O–H groups in total. The number of methoxy groups -OCH3 is 1. The van der Waals surface area contributed by atoms with Crippen LogP contribution in [0.1, 0.15) is 25.7 Å². The molecule has 92 valence electrons. The summed E-state index contributed by atoms with van der Waals surface area (Å²) in [6.45, 7) is 0. The number of halogens is 1. The molecule has 2 unspecified atom stereocenters. The van der Waals surface area contributed by atoms with Crippen LogP contribution in [0.25, 0.3) is 0 Å². The van der Waals surface area contributed by atoms with E-state index in [1.807, 2.05) is 12.1 Å². The van der Waals surface area contributed by atoms with Crippen molar-refractivity contribution < 1.29 is 4.74 Å². The van der Waals surface area contributed by atoms with Crippen LogP contribution in [0, 0.1) is 0 Å². The van der Waals surface area contributed by atoms with Crippen LogP contribution >= 0.6 is 15.9 Å². The van der Waals surface area contributed by atoms with Crippen LogP contribution < -0.4 is 9.64 Å². The number of alkyl halides is 1. The van der Waals surface area contributed by atoms with Crippen LogP contribution in [0.2, 0.25) is 0 Å². The summed E-state index contributed by atoms with van der Waals surface area (Å²) in [5.74, 6) is 1.79. The molecule has 1 aromatic heterocycles. The van der Waals surface area contributed by atoms with Crippen molar-refractivity contribution in [1.82, 2.24) is 4.98 Å². The van der Waals surface area contributed by atoms with Crippen LogP contribution in [0.3, 0.4) is 0 Å². The zero-order valence-corrected chi connectivity index (χ0v) is 11.6. The average Bonchev–Trinajstić information content (AvgIpc) is 2.62. The van der Waals surface area contributed by atoms with Gasteiger partial charge in [-0.3, -0.25) is 0 Å². The first-order valence-electron chi connectivity index (χ1n) is 6.21. The van der Waals surface area contributed by atoms with Gasteiger partial charge in [0.05, 0.1) is 7.11 Å². The highest BCUT2D eigenvalue weighted by molar-refractivity contribution is 9.09. The molecule has 3 nitrogen and oxygen atoms in total. The second-order valence-electron chi connectivity index (χ2n) is 4.90. The van der Waals surface area contributed by atoms with Crippen molar-refractivity contribution in [2.75, 3.05) is 12.0 Å². The Kier molecular flexibility index (Phi) is 2.99. The molecule has 0 saturated carbocycles. The monoisotopic (exact) mass is 296 g/mol. The molecule has 2 aliphatic heterocycles. The lowest BCUT2D eigenvalue weighted by atomic mass is 10.0. The van der Waals surface area contributed by atoms with Gasteiger partial charge in [0.15, 0.2) is 0 Å². The second kappa shape index (κ2) is 4.48. The Hall–Kier alpha value is -0.770. The van der Waals surface area contributed by atoms with Crippen LogP contribution in [-0.2, 0) is 0 Å². The first-order chi connectivity index (χ1) is 8.28. The van der Waals surface area contributed by atoms with E-state index < -0.39 is 0 Å². The van der Waals surface area contributed by atoms with Gasteiger partial charge in [0.25, 0.3) is 0 Å². The molecular formula is C13H17BrN2O. The quantitative estimate of drug-likeness (QED) is 0.785. The summed E-state index contributed by atoms with van der Waals surface area (Å²) in [6, 6.07) is 7.33. The van der Waals surface area contributed by atoms with Gasteiger partial charge in [-0.2, -0.15) is 4.98 Å². The second-order valence-corrected chi connectivity index (χ2v) is 6.19. The Bertz CT molecular complexity index is 398. The number of fused-ring (bicyclic) bond motifs is 2. The van der Waals surface area contributed by atoms with Crippen molar-refractivity contribution in [3.05, 3.63) is 18.2 Å². The minimum absolute atomic E-state index is 0.651. The summed E-state index contributed by atoms with van der Waals surface area (Å²) in [5.41, 5.74) is 0. The van der Waals surface area contributed by atoms with Crippen LogP contribution in [0.5, 0.6) is 5.88 Å². The van der Waals surface area contributed by atoms with Crippen LogP contribution in [-0.4, -0.2) is 29.0 Å². The maximum atomic E-state index is 5.21. The minimum atomic E-state index is 0.651. The van der Waals surface area contributed by atoms with Gasteiger partial charge >= 0.3 is 0 Å². The third-order valence-electron chi connectivity index (χ3n) is 3.86. The number of hydrogen-bond acceptors (Lipinski definition) is 3. The molecule has 2 fully saturated rings. The molecule has 0 spiro atoms. The molecule has 2 aliphatic rings. The van der Waals surface area contributed by atoms with E-state index in [2.05, 4.69) is 31.9 Å². The van der Waals surface area contributed by atoms with Gasteiger partial charge in [-0.1, -0.05) is 22.0 Å². The van der Waals surface area contributed by atoms with Crippen LogP contribution in [0.15, 0.2) is 18.2 Å². The van der Waals surface area contributed by atoms with E-state index in [4.69, 9.17) is 4.74 Å². The summed E-state index contributed by atoms with van der Waals surface area (Å²) in [6.07, 6.45) is 5.06. The molecule has 2 saturated heterocycles. The van der Waals surface area contributed by atoms with Crippen LogP contribution in [0.4, 0.5) is 5.82 Å². The molecule has 3 heterocycles. The highest BCUT2D eigenvalue weighted by atomic mass is 79.9. The summed E-state index contributed by atoms with van der Waals surface area (Å²) in [4.78, 5) is 7.75. The van der Waals surface area contributed by atoms with Gasteiger partial charge in [0, 0.05) is 23.0 Å². The lowest BCUT2D eigenvalue weighted by molar-refractivity contribution is 0.395. The number of ether oxygens (including phenoxy) is 1. The molecule has 17 heavy (non-hydrogen) atoms. The number of rotatable bonds is 2. The van der Waals surface area contributed by atoms with Gasteiger partial charge in [0.1, 0.15) is 5.82 Å². The fourth-order valence-electron chi connectivity index (χ4n) is 3.15. The lowest BCUT2D eigenvalue weighted by Gasteiger charge is -2.38. The Balaban J connectivity index is 1.89. The van der Waals surface area contributed by atoms with E-state index in [0.717, 1.165) is 5.82 Å². The smallest absolute Gasteiger partial charge is 0.214 e. The first kappa shape index (κ1) is 11.3. The standard InChI is InChI=1S/C13H17BrN2O/c1-17-13-4-2-3-12(15-13)16-10-5-6-11(16)8-9(14)7-10/h2-4,9-11H,5-8H2,1H3. The van der Waals surface area contributed by atoms with Crippen molar-refractivity contribution >= 4 is 21.7 Å². The van der Waals surface area contributed by atoms with Gasteiger partial charge in [-0.05, 0) is 31.7 Å². The van der Waals surface area contributed by atoms with E-state index in [-0.39, 0.29) is 0 Å². The summed E-state index contributed by atoms with van der Waals surface area (Å²) in [5, 5.41) is 0. The number of piperidine rings is 1. The fraction of sp³-hybridized carbons (Fsp3) is 0.615. The predicted molar refractivity (Wildman–Crippen MR) is 72.0 cm³/mol. The molecule has 0 amide bonds. The number of pyridine rings is 1. The molecule has 3 rings (SSSR count). The Morgan fingerprint density at radius 3 is 2.65 bits per heavy atom. The molecule has 0 radical (unpaired) electrons. The molecular weight excluding hydrogens is 280 g/mol. The fourth-order valence-corrected chi connectivity index (χ4v) is 4.01. The maximum absolute atomic E-state index is 5.21. The predicted octanol–water partition coefficient (Wildman–Crippen LogP) is 2.98. The summed E-state index contributed by atoms with van der Waals surface area (Å²) >= 11 is 3.77. The Morgan fingerprint density at radius 1 is 1.29 bits per heavy atom. The zero-order valence-electron chi connectivity index (χ0n) is 9.97. The highest BCUT2D eigenvalue weighted by Gasteiger charge is 2.40. The SMILES string of the molecule is COc1cccc(N2C3CCC2CC(Br)C3)n1. The number of nitrogens with zero attached hydrogens (tertiary/aromatic N) is 2. The Labute approximate surface area is 110 Å². The largest absolute Gasteiger partial charge is 0.481 e. The number of hydrogen-bond donors (Lipinski definition) is 0. The maximum Gasteiger partial charge on any atom is 0.214 e. The van der Waals surface area contributed by atoms with Crippen molar-refractivity contribution in [1.29, 1.82) is 0 Å². The van der Waals surface area contributed by atoms with Gasteiger partial charge in [-0.25, -0.2) is 0 Å². The van der Waals surface area contributed by atoms with Crippen molar-refractivity contribution in [3.8, 4) is 5.88 Å². The summed E-state index contributed by atoms with van der Waals surface area (Å²) < 4.78 is 5.21. The van der Waals surface area contributed by atoms with Crippen molar-refractivity contribution in [2.24, 2.45) is 0 Å². The molecule has 0 aliphatic carbocycles. The Morgan fingerprint density at radius 2 is 2.00 bits per heavy atom. The van der Waals surface area contributed by atoms with Crippen molar-refractivity contribution in [3.63, 3.8) is 0 Å². The average molecular weight is 297 g/mol. The van der Waals surface area contributed by atoms with Gasteiger partial charge in [-0.15, -0.1) is 0 Å². The third-order valence-corrected chi connectivity index (χ3v) is 4.61. The topological polar surface area (TPSA) is 25.4 Å². The number of aromatic nitrogens is 1. The molecule has 2 atom stereocenters. The first-order valence-corrected chi connectivity index (χ1v) is 7.13. The normalized spacial score (nSPS) is 31.6. The number of anilines is 1. The minimum Gasteiger partial charge on any atom is -0.481 e. The van der Waals surface area contributed by atoms with E-state index in [9.17, 15) is 0 Å². The molecule has 0 aromatic carbocycles. The molecule has 4 heteroatoms. The summed E-state index contributed by atoms with van der Waals surface area (Å²) in [7, 11) is 1.67. The van der Waals surface area contributed by atoms with E-state index >= 15 is 0 Å².